The highest BCUT2D eigenvalue weighted by molar-refractivity contribution is 6.31. The molecule has 1 saturated carbocycles. The minimum atomic E-state index is 0.192. The maximum Gasteiger partial charge on any atom is 0.0440 e. The van der Waals surface area contributed by atoms with Gasteiger partial charge in [0.05, 0.1) is 0 Å². The van der Waals surface area contributed by atoms with Crippen LogP contribution in [0.2, 0.25) is 5.02 Å². The van der Waals surface area contributed by atoms with Crippen LogP contribution in [0.4, 0.5) is 0 Å². The zero-order valence-electron chi connectivity index (χ0n) is 13.1. The van der Waals surface area contributed by atoms with E-state index < -0.39 is 0 Å². The van der Waals surface area contributed by atoms with E-state index in [1.54, 1.807) is 0 Å². The SMILES string of the molecule is CC(C)(C)NCC1CCCCCC1c1ccccc1Cl. The lowest BCUT2D eigenvalue weighted by Gasteiger charge is -2.30. The highest BCUT2D eigenvalue weighted by atomic mass is 35.5. The maximum absolute atomic E-state index is 6.45. The van der Waals surface area contributed by atoms with E-state index in [0.29, 0.717) is 11.8 Å². The molecule has 0 saturated heterocycles. The molecule has 0 spiro atoms. The molecule has 20 heavy (non-hydrogen) atoms. The standard InChI is InChI=1S/C18H28ClN/c1-18(2,3)20-13-14-9-5-4-6-10-15(14)16-11-7-8-12-17(16)19/h7-8,11-12,14-15,20H,4-6,9-10,13H2,1-3H3. The normalized spacial score (nSPS) is 24.4. The molecule has 1 aliphatic rings. The van der Waals surface area contributed by atoms with Crippen molar-refractivity contribution >= 4 is 11.6 Å². The van der Waals surface area contributed by atoms with E-state index in [0.717, 1.165) is 11.6 Å². The summed E-state index contributed by atoms with van der Waals surface area (Å²) in [7, 11) is 0. The first-order chi connectivity index (χ1) is 9.47. The second-order valence-electron chi connectivity index (χ2n) is 7.16. The van der Waals surface area contributed by atoms with Crippen LogP contribution in [0.1, 0.15) is 64.4 Å². The monoisotopic (exact) mass is 293 g/mol. The van der Waals surface area contributed by atoms with Crippen LogP contribution in [0.3, 0.4) is 0 Å². The summed E-state index contributed by atoms with van der Waals surface area (Å²) in [5.74, 6) is 1.32. The number of nitrogens with one attached hydrogen (secondary N) is 1. The van der Waals surface area contributed by atoms with Gasteiger partial charge in [0, 0.05) is 10.6 Å². The van der Waals surface area contributed by atoms with Gasteiger partial charge in [0.2, 0.25) is 0 Å². The number of hydrogen-bond donors (Lipinski definition) is 1. The molecule has 2 atom stereocenters. The molecule has 1 N–H and O–H groups in total. The molecule has 1 aliphatic carbocycles. The Labute approximate surface area is 129 Å². The smallest absolute Gasteiger partial charge is 0.0440 e. The molecule has 2 unspecified atom stereocenters. The van der Waals surface area contributed by atoms with Crippen molar-refractivity contribution in [3.63, 3.8) is 0 Å². The van der Waals surface area contributed by atoms with Crippen LogP contribution in [-0.4, -0.2) is 12.1 Å². The van der Waals surface area contributed by atoms with E-state index in [4.69, 9.17) is 11.6 Å². The molecule has 2 heteroatoms. The molecule has 0 amide bonds. The van der Waals surface area contributed by atoms with Crippen LogP contribution in [0.5, 0.6) is 0 Å². The summed E-state index contributed by atoms with van der Waals surface area (Å²) < 4.78 is 0. The first-order valence-corrected chi connectivity index (χ1v) is 8.34. The average molecular weight is 294 g/mol. The molecule has 1 nitrogen and oxygen atoms in total. The van der Waals surface area contributed by atoms with E-state index in [9.17, 15) is 0 Å². The maximum atomic E-state index is 6.45. The van der Waals surface area contributed by atoms with Gasteiger partial charge in [-0.15, -0.1) is 0 Å². The van der Waals surface area contributed by atoms with Gasteiger partial charge in [-0.25, -0.2) is 0 Å². The first-order valence-electron chi connectivity index (χ1n) is 7.97. The average Bonchev–Trinajstić information content (AvgIpc) is 2.61. The van der Waals surface area contributed by atoms with Crippen LogP contribution in [0.15, 0.2) is 24.3 Å². The molecule has 1 fully saturated rings. The van der Waals surface area contributed by atoms with E-state index in [1.165, 1.54) is 37.7 Å². The first kappa shape index (κ1) is 15.9. The summed E-state index contributed by atoms with van der Waals surface area (Å²) in [5, 5.41) is 4.64. The van der Waals surface area contributed by atoms with Gasteiger partial charge in [0.1, 0.15) is 0 Å². The lowest BCUT2D eigenvalue weighted by atomic mass is 9.82. The Balaban J connectivity index is 2.15. The number of rotatable bonds is 3. The Hall–Kier alpha value is -0.530. The molecule has 0 heterocycles. The Morgan fingerprint density at radius 1 is 1.10 bits per heavy atom. The minimum Gasteiger partial charge on any atom is -0.312 e. The van der Waals surface area contributed by atoms with E-state index >= 15 is 0 Å². The number of benzene rings is 1. The van der Waals surface area contributed by atoms with Crippen molar-refractivity contribution in [2.45, 2.75) is 64.3 Å². The van der Waals surface area contributed by atoms with Crippen LogP contribution >= 0.6 is 11.6 Å². The molecular weight excluding hydrogens is 266 g/mol. The van der Waals surface area contributed by atoms with Crippen molar-refractivity contribution < 1.29 is 0 Å². The van der Waals surface area contributed by atoms with Gasteiger partial charge in [-0.3, -0.25) is 0 Å². The third-order valence-corrected chi connectivity index (χ3v) is 4.70. The van der Waals surface area contributed by atoms with Crippen molar-refractivity contribution in [3.05, 3.63) is 34.9 Å². The fourth-order valence-corrected chi connectivity index (χ4v) is 3.53. The predicted octanol–water partition coefficient (Wildman–Crippen LogP) is 5.39. The fraction of sp³-hybridized carbons (Fsp3) is 0.667. The molecular formula is C18H28ClN. The zero-order chi connectivity index (χ0) is 14.6. The van der Waals surface area contributed by atoms with Crippen molar-refractivity contribution in [3.8, 4) is 0 Å². The van der Waals surface area contributed by atoms with Gasteiger partial charge in [0.25, 0.3) is 0 Å². The lowest BCUT2D eigenvalue weighted by molar-refractivity contribution is 0.322. The quantitative estimate of drug-likeness (QED) is 0.737. The highest BCUT2D eigenvalue weighted by Crippen LogP contribution is 2.39. The highest BCUT2D eigenvalue weighted by Gasteiger charge is 2.27. The second kappa shape index (κ2) is 6.95. The molecule has 0 aromatic heterocycles. The molecule has 0 radical (unpaired) electrons. The molecule has 0 aliphatic heterocycles. The topological polar surface area (TPSA) is 12.0 Å². The van der Waals surface area contributed by atoms with Gasteiger partial charge >= 0.3 is 0 Å². The van der Waals surface area contributed by atoms with E-state index in [1.807, 2.05) is 12.1 Å². The lowest BCUT2D eigenvalue weighted by Crippen LogP contribution is -2.40. The molecule has 0 bridgehead atoms. The van der Waals surface area contributed by atoms with Crippen LogP contribution in [-0.2, 0) is 0 Å². The minimum absolute atomic E-state index is 0.192. The number of hydrogen-bond acceptors (Lipinski definition) is 1. The Morgan fingerprint density at radius 2 is 1.80 bits per heavy atom. The summed E-state index contributed by atoms with van der Waals surface area (Å²) in [6.45, 7) is 7.83. The van der Waals surface area contributed by atoms with Crippen molar-refractivity contribution in [1.29, 1.82) is 0 Å². The van der Waals surface area contributed by atoms with Crippen LogP contribution < -0.4 is 5.32 Å². The van der Waals surface area contributed by atoms with Gasteiger partial charge < -0.3 is 5.32 Å². The largest absolute Gasteiger partial charge is 0.312 e. The van der Waals surface area contributed by atoms with Gasteiger partial charge in [0.15, 0.2) is 0 Å². The van der Waals surface area contributed by atoms with Gasteiger partial charge in [-0.1, -0.05) is 49.1 Å². The molecule has 2 rings (SSSR count). The summed E-state index contributed by atoms with van der Waals surface area (Å²) >= 11 is 6.45. The zero-order valence-corrected chi connectivity index (χ0v) is 13.8. The van der Waals surface area contributed by atoms with Gasteiger partial charge in [-0.2, -0.15) is 0 Å². The molecule has 1 aromatic rings. The van der Waals surface area contributed by atoms with Crippen molar-refractivity contribution in [1.82, 2.24) is 5.32 Å². The summed E-state index contributed by atoms with van der Waals surface area (Å²) in [6, 6.07) is 8.42. The Kier molecular flexibility index (Phi) is 5.51. The van der Waals surface area contributed by atoms with E-state index in [-0.39, 0.29) is 5.54 Å². The van der Waals surface area contributed by atoms with Crippen LogP contribution in [0.25, 0.3) is 0 Å². The molecule has 1 aromatic carbocycles. The fourth-order valence-electron chi connectivity index (χ4n) is 3.25. The second-order valence-corrected chi connectivity index (χ2v) is 7.56. The van der Waals surface area contributed by atoms with Gasteiger partial charge in [-0.05, 0) is 63.6 Å². The summed E-state index contributed by atoms with van der Waals surface area (Å²) in [5.41, 5.74) is 1.55. The third kappa shape index (κ3) is 4.49. The summed E-state index contributed by atoms with van der Waals surface area (Å²) in [6.07, 6.45) is 6.66. The third-order valence-electron chi connectivity index (χ3n) is 4.36. The van der Waals surface area contributed by atoms with Crippen molar-refractivity contribution in [2.75, 3.05) is 6.54 Å². The predicted molar refractivity (Wildman–Crippen MR) is 88.5 cm³/mol. The van der Waals surface area contributed by atoms with Crippen molar-refractivity contribution in [2.24, 2.45) is 5.92 Å². The summed E-state index contributed by atoms with van der Waals surface area (Å²) in [4.78, 5) is 0. The Bertz CT molecular complexity index is 422. The van der Waals surface area contributed by atoms with Crippen LogP contribution in [0, 0.1) is 5.92 Å². The van der Waals surface area contributed by atoms with E-state index in [2.05, 4.69) is 38.2 Å². The molecule has 112 valence electrons. The Morgan fingerprint density at radius 3 is 2.50 bits per heavy atom. The number of halogens is 1.